The van der Waals surface area contributed by atoms with Gasteiger partial charge in [-0.1, -0.05) is 6.92 Å². The Balaban J connectivity index is 2.15. The zero-order valence-electron chi connectivity index (χ0n) is 16.5. The molecule has 0 radical (unpaired) electrons. The Hall–Kier alpha value is -3.14. The summed E-state index contributed by atoms with van der Waals surface area (Å²) < 4.78 is 58.1. The van der Waals surface area contributed by atoms with Crippen molar-refractivity contribution in [1.29, 1.82) is 0 Å². The third-order valence-electron chi connectivity index (χ3n) is 4.34. The molecular weight excluding hydrogens is 416 g/mol. The monoisotopic (exact) mass is 435 g/mol. The second-order valence-corrected chi connectivity index (χ2v) is 9.03. The van der Waals surface area contributed by atoms with Crippen molar-refractivity contribution in [3.63, 3.8) is 0 Å². The summed E-state index contributed by atoms with van der Waals surface area (Å²) in [6.07, 6.45) is 2.73. The summed E-state index contributed by atoms with van der Waals surface area (Å²) in [6.45, 7) is 3.14. The van der Waals surface area contributed by atoms with Crippen molar-refractivity contribution in [3.8, 4) is 22.8 Å². The van der Waals surface area contributed by atoms with Gasteiger partial charge in [0.2, 0.25) is 0 Å². The number of pyridine rings is 1. The number of hydrogen-bond acceptors (Lipinski definition) is 6. The van der Waals surface area contributed by atoms with E-state index < -0.39 is 21.5 Å². The topological polar surface area (TPSA) is 91.2 Å². The van der Waals surface area contributed by atoms with Crippen molar-refractivity contribution >= 4 is 9.84 Å². The van der Waals surface area contributed by atoms with Gasteiger partial charge in [-0.3, -0.25) is 4.79 Å². The van der Waals surface area contributed by atoms with Gasteiger partial charge >= 0.3 is 0 Å². The molecule has 0 bridgehead atoms. The van der Waals surface area contributed by atoms with Gasteiger partial charge in [-0.15, -0.1) is 0 Å². The van der Waals surface area contributed by atoms with Gasteiger partial charge in [0, 0.05) is 36.2 Å². The highest BCUT2D eigenvalue weighted by Crippen LogP contribution is 2.32. The first-order valence-corrected chi connectivity index (χ1v) is 10.8. The quantitative estimate of drug-likeness (QED) is 0.591. The van der Waals surface area contributed by atoms with E-state index in [-0.39, 0.29) is 40.1 Å². The second kappa shape index (κ2) is 8.31. The first-order chi connectivity index (χ1) is 14.1. The highest BCUT2D eigenvalue weighted by molar-refractivity contribution is 7.90. The zero-order chi connectivity index (χ0) is 22.1. The van der Waals surface area contributed by atoms with E-state index in [1.807, 2.05) is 0 Å². The Labute approximate surface area is 171 Å². The number of rotatable bonds is 6. The van der Waals surface area contributed by atoms with Crippen LogP contribution in [0, 0.1) is 18.6 Å². The van der Waals surface area contributed by atoms with Crippen LogP contribution in [0.15, 0.2) is 41.5 Å². The summed E-state index contributed by atoms with van der Waals surface area (Å²) in [5.74, 6) is -2.34. The van der Waals surface area contributed by atoms with Crippen LogP contribution in [0.5, 0.6) is 11.5 Å². The van der Waals surface area contributed by atoms with Crippen molar-refractivity contribution in [2.45, 2.75) is 19.6 Å². The first-order valence-electron chi connectivity index (χ1n) is 8.96. The summed E-state index contributed by atoms with van der Waals surface area (Å²) in [4.78, 5) is 20.4. The Kier molecular flexibility index (Phi) is 5.97. The molecule has 158 valence electrons. The summed E-state index contributed by atoms with van der Waals surface area (Å²) in [5.41, 5.74) is 0.835. The number of aryl methyl sites for hydroxylation is 2. The molecule has 0 unspecified atom stereocenters. The average Bonchev–Trinajstić information content (AvgIpc) is 2.68. The molecule has 2 aromatic heterocycles. The van der Waals surface area contributed by atoms with Crippen LogP contribution in [0.3, 0.4) is 0 Å². The van der Waals surface area contributed by atoms with Crippen LogP contribution < -0.4 is 10.3 Å². The molecule has 0 atom stereocenters. The minimum atomic E-state index is -3.40. The SMILES string of the molecule is CCS(=O)(=O)Cc1ncc(Oc2ccc(F)cc2F)c(-c2cc(C)c(=O)n(C)c2)n1. The van der Waals surface area contributed by atoms with Gasteiger partial charge in [0.1, 0.15) is 23.1 Å². The van der Waals surface area contributed by atoms with E-state index in [9.17, 15) is 22.0 Å². The van der Waals surface area contributed by atoms with E-state index >= 15 is 0 Å². The Morgan fingerprint density at radius 1 is 1.17 bits per heavy atom. The van der Waals surface area contributed by atoms with Crippen LogP contribution in [-0.2, 0) is 22.6 Å². The molecule has 2 heterocycles. The lowest BCUT2D eigenvalue weighted by atomic mass is 10.1. The normalized spacial score (nSPS) is 11.5. The van der Waals surface area contributed by atoms with Crippen LogP contribution in [0.25, 0.3) is 11.3 Å². The molecule has 0 saturated heterocycles. The molecular formula is C20H19F2N3O4S. The Bertz CT molecular complexity index is 1250. The van der Waals surface area contributed by atoms with Crippen molar-refractivity contribution in [2.75, 3.05) is 5.75 Å². The maximum absolute atomic E-state index is 14.1. The maximum atomic E-state index is 14.1. The predicted octanol–water partition coefficient (Wildman–Crippen LogP) is 3.16. The Morgan fingerprint density at radius 2 is 1.90 bits per heavy atom. The number of halogens is 2. The third kappa shape index (κ3) is 4.70. The van der Waals surface area contributed by atoms with E-state index in [1.54, 1.807) is 20.0 Å². The van der Waals surface area contributed by atoms with E-state index in [2.05, 4.69) is 9.97 Å². The fourth-order valence-electron chi connectivity index (χ4n) is 2.74. The number of nitrogens with zero attached hydrogens (tertiary/aromatic N) is 3. The number of aromatic nitrogens is 3. The molecule has 0 aliphatic rings. The maximum Gasteiger partial charge on any atom is 0.253 e. The number of hydrogen-bond donors (Lipinski definition) is 0. The van der Waals surface area contributed by atoms with E-state index in [0.717, 1.165) is 12.1 Å². The van der Waals surface area contributed by atoms with Crippen LogP contribution >= 0.6 is 0 Å². The van der Waals surface area contributed by atoms with Crippen molar-refractivity contribution in [3.05, 3.63) is 70.0 Å². The Morgan fingerprint density at radius 3 is 2.53 bits per heavy atom. The molecule has 0 spiro atoms. The summed E-state index contributed by atoms with van der Waals surface area (Å²) in [7, 11) is -1.84. The fourth-order valence-corrected chi connectivity index (χ4v) is 3.48. The molecule has 0 aliphatic heterocycles. The average molecular weight is 435 g/mol. The molecule has 7 nitrogen and oxygen atoms in total. The first kappa shape index (κ1) is 21.6. The largest absolute Gasteiger partial charge is 0.450 e. The van der Waals surface area contributed by atoms with Gasteiger partial charge in [-0.25, -0.2) is 27.2 Å². The number of ether oxygens (including phenoxy) is 1. The fraction of sp³-hybridized carbons (Fsp3) is 0.250. The van der Waals surface area contributed by atoms with Gasteiger partial charge in [0.05, 0.1) is 6.20 Å². The number of benzene rings is 1. The second-order valence-electron chi connectivity index (χ2n) is 6.68. The van der Waals surface area contributed by atoms with Crippen LogP contribution in [0.1, 0.15) is 18.3 Å². The third-order valence-corrected chi connectivity index (χ3v) is 5.92. The predicted molar refractivity (Wildman–Crippen MR) is 107 cm³/mol. The molecule has 0 aliphatic carbocycles. The zero-order valence-corrected chi connectivity index (χ0v) is 17.3. The number of sulfone groups is 1. The van der Waals surface area contributed by atoms with E-state index in [0.29, 0.717) is 17.2 Å². The molecule has 0 amide bonds. The van der Waals surface area contributed by atoms with E-state index in [4.69, 9.17) is 4.74 Å². The lowest BCUT2D eigenvalue weighted by molar-refractivity contribution is 0.435. The lowest BCUT2D eigenvalue weighted by Crippen LogP contribution is -2.18. The van der Waals surface area contributed by atoms with Crippen LogP contribution in [0.2, 0.25) is 0 Å². The molecule has 0 fully saturated rings. The minimum absolute atomic E-state index is 0.0243. The van der Waals surface area contributed by atoms with Gasteiger partial charge in [-0.05, 0) is 25.1 Å². The van der Waals surface area contributed by atoms with E-state index in [1.165, 1.54) is 23.9 Å². The lowest BCUT2D eigenvalue weighted by Gasteiger charge is -2.13. The molecule has 3 rings (SSSR count). The van der Waals surface area contributed by atoms with Gasteiger partial charge < -0.3 is 9.30 Å². The van der Waals surface area contributed by atoms with Crippen molar-refractivity contribution < 1.29 is 21.9 Å². The minimum Gasteiger partial charge on any atom is -0.450 e. The molecule has 1 aromatic carbocycles. The smallest absolute Gasteiger partial charge is 0.253 e. The molecule has 30 heavy (non-hydrogen) atoms. The van der Waals surface area contributed by atoms with Gasteiger partial charge in [-0.2, -0.15) is 0 Å². The summed E-state index contributed by atoms with van der Waals surface area (Å²) >= 11 is 0. The van der Waals surface area contributed by atoms with Crippen molar-refractivity contribution in [1.82, 2.24) is 14.5 Å². The van der Waals surface area contributed by atoms with Crippen LogP contribution in [-0.4, -0.2) is 28.7 Å². The van der Waals surface area contributed by atoms with Crippen molar-refractivity contribution in [2.24, 2.45) is 7.05 Å². The van der Waals surface area contributed by atoms with Gasteiger partial charge in [0.25, 0.3) is 5.56 Å². The molecule has 10 heteroatoms. The highest BCUT2D eigenvalue weighted by Gasteiger charge is 2.18. The van der Waals surface area contributed by atoms with Gasteiger partial charge in [0.15, 0.2) is 27.2 Å². The highest BCUT2D eigenvalue weighted by atomic mass is 32.2. The molecule has 0 N–H and O–H groups in total. The molecule has 0 saturated carbocycles. The summed E-state index contributed by atoms with van der Waals surface area (Å²) in [5, 5.41) is 0. The van der Waals surface area contributed by atoms with Crippen LogP contribution in [0.4, 0.5) is 8.78 Å². The molecule has 3 aromatic rings. The summed E-state index contributed by atoms with van der Waals surface area (Å²) in [6, 6.07) is 4.40. The standard InChI is InChI=1S/C20H19F2N3O4S/c1-4-30(27,28)11-18-23-9-17(29-16-6-5-14(21)8-15(16)22)19(24-18)13-7-12(2)20(26)25(3)10-13/h5-10H,4,11H2,1-3H3.